The van der Waals surface area contributed by atoms with Crippen molar-refractivity contribution in [1.29, 1.82) is 0 Å². The summed E-state index contributed by atoms with van der Waals surface area (Å²) in [6, 6.07) is 0. The Morgan fingerprint density at radius 2 is 1.88 bits per heavy atom. The molecule has 0 spiro atoms. The van der Waals surface area contributed by atoms with Gasteiger partial charge in [0.05, 0.1) is 13.5 Å². The molecule has 0 atom stereocenters. The Hall–Kier alpha value is -0.570. The van der Waals surface area contributed by atoms with Gasteiger partial charge in [0.15, 0.2) is 0 Å². The molecule has 0 amide bonds. The Morgan fingerprint density at radius 3 is 2.24 bits per heavy atom. The van der Waals surface area contributed by atoms with Gasteiger partial charge in [0.25, 0.3) is 0 Å². The van der Waals surface area contributed by atoms with E-state index in [9.17, 15) is 4.79 Å². The molecule has 1 rings (SSSR count). The highest BCUT2D eigenvalue weighted by Gasteiger charge is 2.39. The third kappa shape index (κ3) is 3.70. The topological polar surface area (TPSA) is 52.3 Å². The maximum atomic E-state index is 11.4. The summed E-state index contributed by atoms with van der Waals surface area (Å²) in [6.07, 6.45) is 4.95. The van der Waals surface area contributed by atoms with Crippen molar-refractivity contribution in [2.75, 3.05) is 13.7 Å². The Kier molecular flexibility index (Phi) is 4.59. The molecule has 0 bridgehead atoms. The highest BCUT2D eigenvalue weighted by atomic mass is 16.5. The first-order chi connectivity index (χ1) is 7.83. The lowest BCUT2D eigenvalue weighted by atomic mass is 9.63. The van der Waals surface area contributed by atoms with Gasteiger partial charge in [0, 0.05) is 0 Å². The van der Waals surface area contributed by atoms with Crippen molar-refractivity contribution in [2.45, 2.75) is 52.9 Å². The number of ether oxygens (including phenoxy) is 1. The standard InChI is InChI=1S/C14H27NO2/c1-13(2,3)11-5-7-14(10-15,8-6-11)9-12(16)17-4/h11H,5-10,15H2,1-4H3. The van der Waals surface area contributed by atoms with Gasteiger partial charge in [0.1, 0.15) is 0 Å². The molecule has 0 unspecified atom stereocenters. The maximum absolute atomic E-state index is 11.4. The second kappa shape index (κ2) is 5.38. The molecular formula is C14H27NO2. The third-order valence-electron chi connectivity index (χ3n) is 4.45. The van der Waals surface area contributed by atoms with Gasteiger partial charge in [-0.25, -0.2) is 0 Å². The van der Waals surface area contributed by atoms with Crippen LogP contribution in [0.25, 0.3) is 0 Å². The Bertz CT molecular complexity index is 260. The van der Waals surface area contributed by atoms with E-state index >= 15 is 0 Å². The SMILES string of the molecule is COC(=O)CC1(CN)CCC(C(C)(C)C)CC1. The van der Waals surface area contributed by atoms with E-state index in [1.54, 1.807) is 0 Å². The van der Waals surface area contributed by atoms with Crippen LogP contribution in [0.3, 0.4) is 0 Å². The van der Waals surface area contributed by atoms with Crippen molar-refractivity contribution in [3.63, 3.8) is 0 Å². The van der Waals surface area contributed by atoms with Gasteiger partial charge in [-0.15, -0.1) is 0 Å². The minimum atomic E-state index is -0.121. The predicted molar refractivity (Wildman–Crippen MR) is 69.5 cm³/mol. The average molecular weight is 241 g/mol. The van der Waals surface area contributed by atoms with Gasteiger partial charge in [0.2, 0.25) is 0 Å². The van der Waals surface area contributed by atoms with Gasteiger partial charge in [-0.2, -0.15) is 0 Å². The number of hydrogen-bond acceptors (Lipinski definition) is 3. The largest absolute Gasteiger partial charge is 0.469 e. The van der Waals surface area contributed by atoms with Gasteiger partial charge < -0.3 is 10.5 Å². The molecule has 17 heavy (non-hydrogen) atoms. The average Bonchev–Trinajstić information content (AvgIpc) is 2.28. The number of rotatable bonds is 3. The zero-order valence-electron chi connectivity index (χ0n) is 11.7. The lowest BCUT2D eigenvalue weighted by Crippen LogP contribution is -2.39. The molecule has 1 aliphatic carbocycles. The summed E-state index contributed by atoms with van der Waals surface area (Å²) in [5.41, 5.74) is 6.25. The van der Waals surface area contributed by atoms with Crippen molar-refractivity contribution in [3.05, 3.63) is 0 Å². The molecule has 0 radical (unpaired) electrons. The van der Waals surface area contributed by atoms with Gasteiger partial charge in [-0.3, -0.25) is 4.79 Å². The second-order valence-electron chi connectivity index (χ2n) is 6.60. The Labute approximate surface area is 105 Å². The van der Waals surface area contributed by atoms with Gasteiger partial charge >= 0.3 is 5.97 Å². The van der Waals surface area contributed by atoms with Crippen molar-refractivity contribution in [2.24, 2.45) is 22.5 Å². The predicted octanol–water partition coefficient (Wildman–Crippen LogP) is 2.73. The molecule has 1 saturated carbocycles. The van der Waals surface area contributed by atoms with Crippen LogP contribution in [-0.2, 0) is 9.53 Å². The number of methoxy groups -OCH3 is 1. The fourth-order valence-electron chi connectivity index (χ4n) is 2.93. The van der Waals surface area contributed by atoms with Crippen molar-refractivity contribution >= 4 is 5.97 Å². The molecule has 0 aliphatic heterocycles. The summed E-state index contributed by atoms with van der Waals surface area (Å²) in [4.78, 5) is 11.4. The molecule has 0 aromatic rings. The molecular weight excluding hydrogens is 214 g/mol. The first-order valence-electron chi connectivity index (χ1n) is 6.60. The lowest BCUT2D eigenvalue weighted by molar-refractivity contribution is -0.144. The van der Waals surface area contributed by atoms with Gasteiger partial charge in [-0.05, 0) is 49.0 Å². The molecule has 3 nitrogen and oxygen atoms in total. The summed E-state index contributed by atoms with van der Waals surface area (Å²) in [5, 5.41) is 0. The van der Waals surface area contributed by atoms with Crippen LogP contribution >= 0.6 is 0 Å². The summed E-state index contributed by atoms with van der Waals surface area (Å²) in [7, 11) is 1.45. The molecule has 0 aromatic heterocycles. The zero-order valence-corrected chi connectivity index (χ0v) is 11.7. The van der Waals surface area contributed by atoms with Gasteiger partial charge in [-0.1, -0.05) is 20.8 Å². The summed E-state index contributed by atoms with van der Waals surface area (Å²) < 4.78 is 4.78. The van der Waals surface area contributed by atoms with Crippen LogP contribution < -0.4 is 5.73 Å². The van der Waals surface area contributed by atoms with Crippen LogP contribution in [0.1, 0.15) is 52.9 Å². The Morgan fingerprint density at radius 1 is 1.35 bits per heavy atom. The molecule has 0 saturated heterocycles. The minimum Gasteiger partial charge on any atom is -0.469 e. The highest BCUT2D eigenvalue weighted by molar-refractivity contribution is 5.70. The molecule has 3 heteroatoms. The summed E-state index contributed by atoms with van der Waals surface area (Å²) >= 11 is 0. The fraction of sp³-hybridized carbons (Fsp3) is 0.929. The fourth-order valence-corrected chi connectivity index (χ4v) is 2.93. The molecule has 0 aromatic carbocycles. The van der Waals surface area contributed by atoms with E-state index < -0.39 is 0 Å². The van der Waals surface area contributed by atoms with E-state index in [2.05, 4.69) is 20.8 Å². The number of nitrogens with two attached hydrogens (primary N) is 1. The maximum Gasteiger partial charge on any atom is 0.306 e. The first kappa shape index (κ1) is 14.5. The molecule has 0 heterocycles. The van der Waals surface area contributed by atoms with E-state index in [4.69, 9.17) is 10.5 Å². The van der Waals surface area contributed by atoms with E-state index in [1.807, 2.05) is 0 Å². The van der Waals surface area contributed by atoms with E-state index in [0.717, 1.165) is 18.8 Å². The lowest BCUT2D eigenvalue weighted by Gasteiger charge is -2.43. The molecule has 1 aliphatic rings. The minimum absolute atomic E-state index is 0.00512. The smallest absolute Gasteiger partial charge is 0.306 e. The molecule has 100 valence electrons. The van der Waals surface area contributed by atoms with E-state index in [1.165, 1.54) is 20.0 Å². The second-order valence-corrected chi connectivity index (χ2v) is 6.60. The highest BCUT2D eigenvalue weighted by Crippen LogP contribution is 2.46. The number of hydrogen-bond donors (Lipinski definition) is 1. The van der Waals surface area contributed by atoms with Crippen molar-refractivity contribution < 1.29 is 9.53 Å². The van der Waals surface area contributed by atoms with Crippen molar-refractivity contribution in [3.8, 4) is 0 Å². The summed E-state index contributed by atoms with van der Waals surface area (Å²) in [5.74, 6) is 0.629. The van der Waals surface area contributed by atoms with Crippen molar-refractivity contribution in [1.82, 2.24) is 0 Å². The van der Waals surface area contributed by atoms with Crippen LogP contribution in [-0.4, -0.2) is 19.6 Å². The van der Waals surface area contributed by atoms with E-state index in [-0.39, 0.29) is 11.4 Å². The first-order valence-corrected chi connectivity index (χ1v) is 6.60. The Balaban J connectivity index is 2.60. The normalized spacial score (nSPS) is 30.1. The monoisotopic (exact) mass is 241 g/mol. The van der Waals surface area contributed by atoms with E-state index in [0.29, 0.717) is 18.4 Å². The molecule has 2 N–H and O–H groups in total. The number of esters is 1. The quantitative estimate of drug-likeness (QED) is 0.773. The zero-order chi connectivity index (χ0) is 13.1. The number of carbonyl (C=O) groups is 1. The third-order valence-corrected chi connectivity index (χ3v) is 4.45. The molecule has 1 fully saturated rings. The van der Waals surface area contributed by atoms with Crippen LogP contribution in [0.15, 0.2) is 0 Å². The van der Waals surface area contributed by atoms with Crippen LogP contribution in [0, 0.1) is 16.7 Å². The van der Waals surface area contributed by atoms with Crippen LogP contribution in [0.5, 0.6) is 0 Å². The van der Waals surface area contributed by atoms with Crippen LogP contribution in [0.4, 0.5) is 0 Å². The van der Waals surface area contributed by atoms with Crippen LogP contribution in [0.2, 0.25) is 0 Å². The number of carbonyl (C=O) groups excluding carboxylic acids is 1. The summed E-state index contributed by atoms with van der Waals surface area (Å²) in [6.45, 7) is 7.49.